The summed E-state index contributed by atoms with van der Waals surface area (Å²) in [6, 6.07) is 13.5. The number of ether oxygens (including phenoxy) is 2. The lowest BCUT2D eigenvalue weighted by Crippen LogP contribution is -2.12. The molecule has 0 bridgehead atoms. The average molecular weight is 338 g/mol. The number of fused-ring (bicyclic) bond motifs is 1. The summed E-state index contributed by atoms with van der Waals surface area (Å²) in [5.41, 5.74) is 9.04. The topological polar surface area (TPSA) is 70.5 Å². The first-order valence-corrected chi connectivity index (χ1v) is 8.75. The molecule has 3 aromatic rings. The predicted molar refractivity (Wildman–Crippen MR) is 96.5 cm³/mol. The van der Waals surface area contributed by atoms with Crippen molar-refractivity contribution in [3.8, 4) is 5.75 Å². The highest BCUT2D eigenvalue weighted by atomic mass is 16.7. The first kappa shape index (κ1) is 16.0. The summed E-state index contributed by atoms with van der Waals surface area (Å²) < 4.78 is 17.3. The summed E-state index contributed by atoms with van der Waals surface area (Å²) in [5, 5.41) is 0. The highest BCUT2D eigenvalue weighted by Crippen LogP contribution is 2.24. The second-order valence-electron chi connectivity index (χ2n) is 6.46. The van der Waals surface area contributed by atoms with Crippen LogP contribution in [0.1, 0.15) is 37.1 Å². The number of anilines is 1. The molecule has 1 aromatic heterocycles. The lowest BCUT2D eigenvalue weighted by atomic mass is 10.1. The molecule has 1 aliphatic rings. The smallest absolute Gasteiger partial charge is 0.200 e. The van der Waals surface area contributed by atoms with Crippen molar-refractivity contribution >= 4 is 16.8 Å². The number of rotatable bonds is 6. The molecule has 0 amide bonds. The number of hydrogen-bond acceptors (Lipinski definition) is 5. The van der Waals surface area contributed by atoms with E-state index in [-0.39, 0.29) is 0 Å². The van der Waals surface area contributed by atoms with Crippen LogP contribution in [0.4, 0.5) is 5.69 Å². The van der Waals surface area contributed by atoms with Gasteiger partial charge in [0.05, 0.1) is 11.8 Å². The molecule has 1 fully saturated rings. The predicted octanol–water partition coefficient (Wildman–Crippen LogP) is 4.30. The number of aromatic nitrogens is 1. The minimum absolute atomic E-state index is 0.299. The van der Waals surface area contributed by atoms with Gasteiger partial charge in [-0.15, -0.1) is 0 Å². The first-order chi connectivity index (χ1) is 12.3. The number of nitrogen functional groups attached to an aromatic ring is 1. The van der Waals surface area contributed by atoms with Crippen LogP contribution in [0.2, 0.25) is 0 Å². The number of nitrogens with zero attached hydrogens (tertiary/aromatic N) is 1. The van der Waals surface area contributed by atoms with Gasteiger partial charge in [-0.1, -0.05) is 31.0 Å². The highest BCUT2D eigenvalue weighted by Gasteiger charge is 2.15. The summed E-state index contributed by atoms with van der Waals surface area (Å²) >= 11 is 0. The minimum atomic E-state index is 0.299. The van der Waals surface area contributed by atoms with Gasteiger partial charge in [-0.2, -0.15) is 0 Å². The molecule has 1 heterocycles. The van der Waals surface area contributed by atoms with Gasteiger partial charge in [-0.25, -0.2) is 4.98 Å². The van der Waals surface area contributed by atoms with Crippen molar-refractivity contribution in [1.29, 1.82) is 0 Å². The van der Waals surface area contributed by atoms with Crippen molar-refractivity contribution in [3.63, 3.8) is 0 Å². The SMILES string of the molecule is Nc1cccc2nc(Cc3cccc(OCOC4CCCC4)c3)oc12. The largest absolute Gasteiger partial charge is 0.468 e. The molecule has 0 atom stereocenters. The van der Waals surface area contributed by atoms with Gasteiger partial charge in [0.1, 0.15) is 11.3 Å². The van der Waals surface area contributed by atoms with Crippen molar-refractivity contribution in [2.24, 2.45) is 0 Å². The lowest BCUT2D eigenvalue weighted by Gasteiger charge is -2.12. The van der Waals surface area contributed by atoms with E-state index in [0.717, 1.165) is 29.7 Å². The van der Waals surface area contributed by atoms with Crippen LogP contribution in [0.25, 0.3) is 11.1 Å². The molecule has 0 saturated heterocycles. The normalized spacial score (nSPS) is 15.0. The van der Waals surface area contributed by atoms with Gasteiger partial charge in [0, 0.05) is 6.42 Å². The van der Waals surface area contributed by atoms with E-state index in [1.807, 2.05) is 42.5 Å². The Hall–Kier alpha value is -2.53. The highest BCUT2D eigenvalue weighted by molar-refractivity contribution is 5.84. The third-order valence-electron chi connectivity index (χ3n) is 4.58. The quantitative estimate of drug-likeness (QED) is 0.536. The van der Waals surface area contributed by atoms with E-state index in [1.165, 1.54) is 12.8 Å². The van der Waals surface area contributed by atoms with Crippen LogP contribution in [0.15, 0.2) is 46.9 Å². The lowest BCUT2D eigenvalue weighted by molar-refractivity contribution is -0.0325. The van der Waals surface area contributed by atoms with E-state index in [9.17, 15) is 0 Å². The van der Waals surface area contributed by atoms with Crippen LogP contribution < -0.4 is 10.5 Å². The summed E-state index contributed by atoms with van der Waals surface area (Å²) in [6.07, 6.45) is 5.75. The van der Waals surface area contributed by atoms with Gasteiger partial charge in [0.15, 0.2) is 18.3 Å². The van der Waals surface area contributed by atoms with Crippen molar-refractivity contribution in [1.82, 2.24) is 4.98 Å². The van der Waals surface area contributed by atoms with Crippen LogP contribution in [0.5, 0.6) is 5.75 Å². The molecule has 0 unspecified atom stereocenters. The van der Waals surface area contributed by atoms with Crippen LogP contribution in [0, 0.1) is 0 Å². The maximum absolute atomic E-state index is 5.93. The molecule has 2 aromatic carbocycles. The maximum atomic E-state index is 5.93. The Bertz CT molecular complexity index is 853. The Morgan fingerprint density at radius 2 is 1.96 bits per heavy atom. The van der Waals surface area contributed by atoms with Gasteiger partial charge in [0.2, 0.25) is 0 Å². The number of hydrogen-bond donors (Lipinski definition) is 1. The van der Waals surface area contributed by atoms with Crippen molar-refractivity contribution < 1.29 is 13.9 Å². The summed E-state index contributed by atoms with van der Waals surface area (Å²) in [7, 11) is 0. The number of benzene rings is 2. The molecular formula is C20H22N2O3. The van der Waals surface area contributed by atoms with Crippen LogP contribution in [-0.2, 0) is 11.2 Å². The van der Waals surface area contributed by atoms with Gasteiger partial charge in [0.25, 0.3) is 0 Å². The van der Waals surface area contributed by atoms with Gasteiger partial charge >= 0.3 is 0 Å². The Labute approximate surface area is 146 Å². The molecule has 0 aliphatic heterocycles. The molecule has 5 nitrogen and oxygen atoms in total. The molecule has 2 N–H and O–H groups in total. The fourth-order valence-corrected chi connectivity index (χ4v) is 3.27. The molecule has 4 rings (SSSR count). The standard InChI is InChI=1S/C20H22N2O3/c21-17-9-4-10-18-20(17)25-19(22-18)12-14-5-3-8-16(11-14)24-13-23-15-6-1-2-7-15/h3-5,8-11,15H,1-2,6-7,12-13,21H2. The number of para-hydroxylation sites is 1. The Morgan fingerprint density at radius 3 is 2.80 bits per heavy atom. The Balaban J connectivity index is 1.40. The van der Waals surface area contributed by atoms with Crippen molar-refractivity contribution in [3.05, 3.63) is 53.9 Å². The fraction of sp³-hybridized carbons (Fsp3) is 0.350. The summed E-state index contributed by atoms with van der Waals surface area (Å²) in [5.74, 6) is 1.44. The van der Waals surface area contributed by atoms with Crippen molar-refractivity contribution in [2.45, 2.75) is 38.2 Å². The van der Waals surface area contributed by atoms with Crippen LogP contribution in [-0.4, -0.2) is 17.9 Å². The van der Waals surface area contributed by atoms with Gasteiger partial charge < -0.3 is 19.6 Å². The second-order valence-corrected chi connectivity index (χ2v) is 6.46. The monoisotopic (exact) mass is 338 g/mol. The molecule has 0 radical (unpaired) electrons. The molecule has 25 heavy (non-hydrogen) atoms. The fourth-order valence-electron chi connectivity index (χ4n) is 3.27. The van der Waals surface area contributed by atoms with E-state index in [0.29, 0.717) is 36.5 Å². The molecule has 5 heteroatoms. The zero-order valence-corrected chi connectivity index (χ0v) is 14.1. The molecule has 130 valence electrons. The van der Waals surface area contributed by atoms with E-state index in [4.69, 9.17) is 19.6 Å². The minimum Gasteiger partial charge on any atom is -0.468 e. The molecule has 1 aliphatic carbocycles. The number of oxazole rings is 1. The Kier molecular flexibility index (Phi) is 4.57. The molecular weight excluding hydrogens is 316 g/mol. The Morgan fingerprint density at radius 1 is 1.12 bits per heavy atom. The maximum Gasteiger partial charge on any atom is 0.200 e. The zero-order chi connectivity index (χ0) is 17.1. The second kappa shape index (κ2) is 7.15. The summed E-state index contributed by atoms with van der Waals surface area (Å²) in [4.78, 5) is 4.50. The third-order valence-corrected chi connectivity index (χ3v) is 4.58. The first-order valence-electron chi connectivity index (χ1n) is 8.75. The van der Waals surface area contributed by atoms with Crippen LogP contribution in [0.3, 0.4) is 0 Å². The third kappa shape index (κ3) is 3.77. The van der Waals surface area contributed by atoms with Crippen molar-refractivity contribution in [2.75, 3.05) is 12.5 Å². The van der Waals surface area contributed by atoms with Gasteiger partial charge in [-0.05, 0) is 42.7 Å². The number of nitrogens with two attached hydrogens (primary N) is 1. The van der Waals surface area contributed by atoms with E-state index < -0.39 is 0 Å². The van der Waals surface area contributed by atoms with E-state index in [2.05, 4.69) is 4.98 Å². The average Bonchev–Trinajstić information content (AvgIpc) is 3.25. The molecule has 1 saturated carbocycles. The van der Waals surface area contributed by atoms with E-state index in [1.54, 1.807) is 0 Å². The molecule has 0 spiro atoms. The van der Waals surface area contributed by atoms with E-state index >= 15 is 0 Å². The summed E-state index contributed by atoms with van der Waals surface area (Å²) in [6.45, 7) is 0.299. The van der Waals surface area contributed by atoms with Crippen LogP contribution >= 0.6 is 0 Å². The van der Waals surface area contributed by atoms with Gasteiger partial charge in [-0.3, -0.25) is 0 Å². The zero-order valence-electron chi connectivity index (χ0n) is 14.1.